The molecule has 0 N–H and O–H groups in total. The first kappa shape index (κ1) is 20.9. The van der Waals surface area contributed by atoms with Crippen molar-refractivity contribution < 1.29 is 13.2 Å². The third-order valence-electron chi connectivity index (χ3n) is 5.20. The zero-order valence-electron chi connectivity index (χ0n) is 16.9. The maximum absolute atomic E-state index is 13.1. The smallest absolute Gasteiger partial charge is 0.266 e. The van der Waals surface area contributed by atoms with Gasteiger partial charge < -0.3 is 4.90 Å². The van der Waals surface area contributed by atoms with Crippen molar-refractivity contribution in [2.24, 2.45) is 0 Å². The fourth-order valence-electron chi connectivity index (χ4n) is 3.37. The topological polar surface area (TPSA) is 57.7 Å². The molecule has 0 aliphatic carbocycles. The number of sulfonamides is 1. The van der Waals surface area contributed by atoms with Crippen LogP contribution < -0.4 is 4.31 Å². The molecule has 0 atom stereocenters. The highest BCUT2D eigenvalue weighted by Crippen LogP contribution is 2.32. The SMILES string of the molecule is CN(c1ccsc1C(=O)N1CCCCC1)S(=O)(=O)c1ccc(C(C)(C)C)cc1. The molecule has 0 unspecified atom stereocenters. The molecule has 2 aromatic rings. The Morgan fingerprint density at radius 1 is 1.04 bits per heavy atom. The molecular formula is C21H28N2O3S2. The van der Waals surface area contributed by atoms with Gasteiger partial charge in [0.2, 0.25) is 0 Å². The molecule has 7 heteroatoms. The van der Waals surface area contributed by atoms with E-state index in [9.17, 15) is 13.2 Å². The molecule has 0 bridgehead atoms. The normalized spacial score (nSPS) is 15.5. The van der Waals surface area contributed by atoms with Crippen molar-refractivity contribution in [1.82, 2.24) is 4.90 Å². The lowest BCUT2D eigenvalue weighted by Gasteiger charge is -2.27. The lowest BCUT2D eigenvalue weighted by atomic mass is 9.87. The van der Waals surface area contributed by atoms with Crippen LogP contribution in [0.25, 0.3) is 0 Å². The first-order valence-corrected chi connectivity index (χ1v) is 11.9. The molecule has 1 fully saturated rings. The Morgan fingerprint density at radius 2 is 1.64 bits per heavy atom. The number of thiophene rings is 1. The van der Waals surface area contributed by atoms with Crippen molar-refractivity contribution in [2.45, 2.75) is 50.3 Å². The number of rotatable bonds is 4. The Bertz CT molecular complexity index is 935. The second-order valence-electron chi connectivity index (χ2n) is 8.23. The van der Waals surface area contributed by atoms with Crippen LogP contribution in [0, 0.1) is 0 Å². The van der Waals surface area contributed by atoms with E-state index in [1.807, 2.05) is 17.0 Å². The number of piperidine rings is 1. The summed E-state index contributed by atoms with van der Waals surface area (Å²) in [4.78, 5) is 15.5. The third-order valence-corrected chi connectivity index (χ3v) is 7.88. The van der Waals surface area contributed by atoms with Crippen LogP contribution in [0.15, 0.2) is 40.6 Å². The number of anilines is 1. The summed E-state index contributed by atoms with van der Waals surface area (Å²) in [6.45, 7) is 7.74. The van der Waals surface area contributed by atoms with Gasteiger partial charge in [0, 0.05) is 20.1 Å². The molecule has 28 heavy (non-hydrogen) atoms. The molecule has 3 rings (SSSR count). The lowest BCUT2D eigenvalue weighted by molar-refractivity contribution is 0.0730. The molecule has 0 saturated carbocycles. The summed E-state index contributed by atoms with van der Waals surface area (Å²) in [6.07, 6.45) is 3.14. The van der Waals surface area contributed by atoms with E-state index < -0.39 is 10.0 Å². The van der Waals surface area contributed by atoms with Crippen LogP contribution in [-0.2, 0) is 15.4 Å². The molecule has 1 amide bonds. The van der Waals surface area contributed by atoms with Gasteiger partial charge in [-0.1, -0.05) is 32.9 Å². The minimum atomic E-state index is -3.74. The second-order valence-corrected chi connectivity index (χ2v) is 11.1. The minimum Gasteiger partial charge on any atom is -0.338 e. The lowest BCUT2D eigenvalue weighted by Crippen LogP contribution is -2.36. The van der Waals surface area contributed by atoms with Gasteiger partial charge in [0.05, 0.1) is 10.6 Å². The average Bonchev–Trinajstić information content (AvgIpc) is 3.16. The van der Waals surface area contributed by atoms with E-state index in [1.165, 1.54) is 22.7 Å². The van der Waals surface area contributed by atoms with Gasteiger partial charge >= 0.3 is 0 Å². The molecule has 1 saturated heterocycles. The van der Waals surface area contributed by atoms with Crippen LogP contribution in [0.1, 0.15) is 55.3 Å². The fourth-order valence-corrected chi connectivity index (χ4v) is 5.52. The van der Waals surface area contributed by atoms with Gasteiger partial charge in [-0.15, -0.1) is 11.3 Å². The number of carbonyl (C=O) groups excluding carboxylic acids is 1. The monoisotopic (exact) mass is 420 g/mol. The molecule has 152 valence electrons. The van der Waals surface area contributed by atoms with Gasteiger partial charge in [-0.05, 0) is 53.8 Å². The number of nitrogens with zero attached hydrogens (tertiary/aromatic N) is 2. The van der Waals surface area contributed by atoms with E-state index in [4.69, 9.17) is 0 Å². The van der Waals surface area contributed by atoms with E-state index in [1.54, 1.807) is 23.6 Å². The average molecular weight is 421 g/mol. The Balaban J connectivity index is 1.88. The molecular weight excluding hydrogens is 392 g/mol. The van der Waals surface area contributed by atoms with Crippen LogP contribution in [0.4, 0.5) is 5.69 Å². The summed E-state index contributed by atoms with van der Waals surface area (Å²) in [5.41, 5.74) is 1.47. The highest BCUT2D eigenvalue weighted by molar-refractivity contribution is 7.92. The molecule has 1 aromatic carbocycles. The van der Waals surface area contributed by atoms with Gasteiger partial charge in [0.25, 0.3) is 15.9 Å². The number of carbonyl (C=O) groups is 1. The van der Waals surface area contributed by atoms with Crippen molar-refractivity contribution in [3.05, 3.63) is 46.2 Å². The van der Waals surface area contributed by atoms with Crippen molar-refractivity contribution in [3.63, 3.8) is 0 Å². The van der Waals surface area contributed by atoms with E-state index in [0.717, 1.165) is 37.9 Å². The van der Waals surface area contributed by atoms with Crippen LogP contribution >= 0.6 is 11.3 Å². The first-order valence-electron chi connectivity index (χ1n) is 9.58. The largest absolute Gasteiger partial charge is 0.338 e. The molecule has 2 heterocycles. The van der Waals surface area contributed by atoms with Crippen LogP contribution in [-0.4, -0.2) is 39.4 Å². The quantitative estimate of drug-likeness (QED) is 0.732. The van der Waals surface area contributed by atoms with E-state index in [0.29, 0.717) is 10.6 Å². The van der Waals surface area contributed by atoms with Gasteiger partial charge in [-0.2, -0.15) is 0 Å². The fraction of sp³-hybridized carbons (Fsp3) is 0.476. The summed E-state index contributed by atoms with van der Waals surface area (Å²) in [5, 5.41) is 1.78. The van der Waals surface area contributed by atoms with Crippen LogP contribution in [0.5, 0.6) is 0 Å². The van der Waals surface area contributed by atoms with Crippen LogP contribution in [0.2, 0.25) is 0 Å². The number of hydrogen-bond acceptors (Lipinski definition) is 4. The Kier molecular flexibility index (Phi) is 5.87. The predicted molar refractivity (Wildman–Crippen MR) is 115 cm³/mol. The standard InChI is InChI=1S/C21H28N2O3S2/c1-21(2,3)16-8-10-17(11-9-16)28(25,26)22(4)18-12-15-27-19(18)20(24)23-13-6-5-7-14-23/h8-12,15H,5-7,13-14H2,1-4H3. The molecule has 1 aliphatic heterocycles. The number of amides is 1. The Labute approximate surface area is 172 Å². The summed E-state index contributed by atoms with van der Waals surface area (Å²) in [7, 11) is -2.23. The minimum absolute atomic E-state index is 0.0460. The summed E-state index contributed by atoms with van der Waals surface area (Å²) < 4.78 is 27.5. The van der Waals surface area contributed by atoms with Crippen molar-refractivity contribution >= 4 is 33.0 Å². The molecule has 1 aromatic heterocycles. The van der Waals surface area contributed by atoms with E-state index in [-0.39, 0.29) is 16.2 Å². The zero-order valence-corrected chi connectivity index (χ0v) is 18.6. The second kappa shape index (κ2) is 7.87. The summed E-state index contributed by atoms with van der Waals surface area (Å²) >= 11 is 1.30. The summed E-state index contributed by atoms with van der Waals surface area (Å²) in [6, 6.07) is 8.71. The van der Waals surface area contributed by atoms with Crippen LogP contribution in [0.3, 0.4) is 0 Å². The van der Waals surface area contributed by atoms with Crippen molar-refractivity contribution in [1.29, 1.82) is 0 Å². The summed E-state index contributed by atoms with van der Waals surface area (Å²) in [5.74, 6) is -0.0742. The molecule has 0 spiro atoms. The van der Waals surface area contributed by atoms with Gasteiger partial charge in [-0.25, -0.2) is 8.42 Å². The van der Waals surface area contributed by atoms with Crippen molar-refractivity contribution in [3.8, 4) is 0 Å². The maximum atomic E-state index is 13.1. The van der Waals surface area contributed by atoms with Gasteiger partial charge in [0.1, 0.15) is 4.88 Å². The zero-order chi connectivity index (χ0) is 20.5. The Hall–Kier alpha value is -1.86. The first-order chi connectivity index (χ1) is 13.1. The van der Waals surface area contributed by atoms with Gasteiger partial charge in [0.15, 0.2) is 0 Å². The highest BCUT2D eigenvalue weighted by Gasteiger charge is 2.29. The van der Waals surface area contributed by atoms with E-state index in [2.05, 4.69) is 20.8 Å². The third kappa shape index (κ3) is 4.10. The van der Waals surface area contributed by atoms with E-state index >= 15 is 0 Å². The maximum Gasteiger partial charge on any atom is 0.266 e. The molecule has 0 radical (unpaired) electrons. The number of hydrogen-bond donors (Lipinski definition) is 0. The Morgan fingerprint density at radius 3 is 2.21 bits per heavy atom. The predicted octanol–water partition coefficient (Wildman–Crippen LogP) is 4.50. The van der Waals surface area contributed by atoms with Gasteiger partial charge in [-0.3, -0.25) is 9.10 Å². The number of benzene rings is 1. The number of likely N-dealkylation sites (tertiary alicyclic amines) is 1. The molecule has 1 aliphatic rings. The van der Waals surface area contributed by atoms with Crippen molar-refractivity contribution in [2.75, 3.05) is 24.4 Å². The highest BCUT2D eigenvalue weighted by atomic mass is 32.2. The molecule has 5 nitrogen and oxygen atoms in total.